The van der Waals surface area contributed by atoms with Gasteiger partial charge in [-0.3, -0.25) is 9.59 Å². The Morgan fingerprint density at radius 2 is 1.50 bits per heavy atom. The summed E-state index contributed by atoms with van der Waals surface area (Å²) in [6.45, 7) is 0.589. The van der Waals surface area contributed by atoms with Gasteiger partial charge in [0.2, 0.25) is 5.91 Å². The number of benzene rings is 2. The van der Waals surface area contributed by atoms with Crippen LogP contribution in [0.2, 0.25) is 0 Å². The number of methoxy groups -OCH3 is 2. The standard InChI is InChI=1S/C20H22N2O4/c1-25-16-9-6-10-17(26-2)19(16)20(24)22-14-13-21-18(23)12-11-15-7-4-3-5-8-15/h3-12H,13-14H2,1-2H3,(H,21,23)(H,22,24)/b12-11+. The van der Waals surface area contributed by atoms with E-state index in [1.807, 2.05) is 30.3 Å². The maximum absolute atomic E-state index is 12.4. The summed E-state index contributed by atoms with van der Waals surface area (Å²) in [7, 11) is 2.98. The third kappa shape index (κ3) is 5.37. The molecule has 0 aromatic heterocycles. The van der Waals surface area contributed by atoms with E-state index < -0.39 is 0 Å². The number of rotatable bonds is 8. The Bertz CT molecular complexity index is 750. The van der Waals surface area contributed by atoms with E-state index in [1.54, 1.807) is 24.3 Å². The molecule has 6 heteroatoms. The molecule has 26 heavy (non-hydrogen) atoms. The summed E-state index contributed by atoms with van der Waals surface area (Å²) >= 11 is 0. The van der Waals surface area contributed by atoms with E-state index in [-0.39, 0.29) is 18.4 Å². The molecule has 2 amide bonds. The van der Waals surface area contributed by atoms with Gasteiger partial charge in [0.15, 0.2) is 0 Å². The van der Waals surface area contributed by atoms with E-state index >= 15 is 0 Å². The van der Waals surface area contributed by atoms with Crippen LogP contribution in [0.1, 0.15) is 15.9 Å². The van der Waals surface area contributed by atoms with Gasteiger partial charge in [-0.2, -0.15) is 0 Å². The average Bonchev–Trinajstić information content (AvgIpc) is 2.69. The van der Waals surface area contributed by atoms with Crippen molar-refractivity contribution in [3.8, 4) is 11.5 Å². The van der Waals surface area contributed by atoms with Crippen molar-refractivity contribution < 1.29 is 19.1 Å². The van der Waals surface area contributed by atoms with Crippen LogP contribution >= 0.6 is 0 Å². The van der Waals surface area contributed by atoms with Gasteiger partial charge in [-0.1, -0.05) is 36.4 Å². The zero-order chi connectivity index (χ0) is 18.8. The van der Waals surface area contributed by atoms with E-state index in [2.05, 4.69) is 10.6 Å². The molecule has 0 atom stereocenters. The van der Waals surface area contributed by atoms with Crippen molar-refractivity contribution in [2.45, 2.75) is 0 Å². The first-order valence-electron chi connectivity index (χ1n) is 8.16. The zero-order valence-corrected chi connectivity index (χ0v) is 14.8. The van der Waals surface area contributed by atoms with Crippen LogP contribution < -0.4 is 20.1 Å². The predicted molar refractivity (Wildman–Crippen MR) is 100 cm³/mol. The number of hydrogen-bond acceptors (Lipinski definition) is 4. The minimum atomic E-state index is -0.326. The lowest BCUT2D eigenvalue weighted by Crippen LogP contribution is -2.34. The highest BCUT2D eigenvalue weighted by molar-refractivity contribution is 5.99. The second-order valence-electron chi connectivity index (χ2n) is 5.33. The highest BCUT2D eigenvalue weighted by Crippen LogP contribution is 2.27. The summed E-state index contributed by atoms with van der Waals surface area (Å²) in [4.78, 5) is 24.1. The van der Waals surface area contributed by atoms with Crippen LogP contribution in [0.15, 0.2) is 54.6 Å². The minimum absolute atomic E-state index is 0.224. The first-order valence-corrected chi connectivity index (χ1v) is 8.16. The Kier molecular flexibility index (Phi) is 7.24. The molecule has 0 saturated heterocycles. The summed E-state index contributed by atoms with van der Waals surface area (Å²) in [6.07, 6.45) is 3.19. The minimum Gasteiger partial charge on any atom is -0.496 e. The Morgan fingerprint density at radius 3 is 2.12 bits per heavy atom. The van der Waals surface area contributed by atoms with Crippen molar-refractivity contribution in [3.63, 3.8) is 0 Å². The van der Waals surface area contributed by atoms with Crippen LogP contribution in [-0.4, -0.2) is 39.1 Å². The fraction of sp³-hybridized carbons (Fsp3) is 0.200. The van der Waals surface area contributed by atoms with Crippen LogP contribution in [0.5, 0.6) is 11.5 Å². The monoisotopic (exact) mass is 354 g/mol. The molecule has 0 heterocycles. The third-order valence-electron chi connectivity index (χ3n) is 3.59. The van der Waals surface area contributed by atoms with E-state index in [4.69, 9.17) is 9.47 Å². The molecular formula is C20H22N2O4. The normalized spacial score (nSPS) is 10.4. The van der Waals surface area contributed by atoms with E-state index in [0.717, 1.165) is 5.56 Å². The van der Waals surface area contributed by atoms with Crippen LogP contribution in [0, 0.1) is 0 Å². The second-order valence-corrected chi connectivity index (χ2v) is 5.33. The van der Waals surface area contributed by atoms with Crippen LogP contribution in [0.4, 0.5) is 0 Å². The molecule has 2 rings (SSSR count). The van der Waals surface area contributed by atoms with Gasteiger partial charge in [-0.25, -0.2) is 0 Å². The summed E-state index contributed by atoms with van der Waals surface area (Å²) < 4.78 is 10.4. The van der Waals surface area contributed by atoms with Gasteiger partial charge in [0.05, 0.1) is 14.2 Å². The van der Waals surface area contributed by atoms with Gasteiger partial charge in [-0.15, -0.1) is 0 Å². The second kappa shape index (κ2) is 9.88. The lowest BCUT2D eigenvalue weighted by molar-refractivity contribution is -0.116. The van der Waals surface area contributed by atoms with Crippen LogP contribution in [-0.2, 0) is 4.79 Å². The molecule has 2 N–H and O–H groups in total. The van der Waals surface area contributed by atoms with E-state index in [1.165, 1.54) is 20.3 Å². The molecule has 0 spiro atoms. The van der Waals surface area contributed by atoms with Crippen molar-refractivity contribution in [2.24, 2.45) is 0 Å². The summed E-state index contributed by atoms with van der Waals surface area (Å²) in [5.74, 6) is 0.305. The number of ether oxygens (including phenoxy) is 2. The largest absolute Gasteiger partial charge is 0.496 e. The molecule has 2 aromatic carbocycles. The molecule has 0 aliphatic rings. The molecule has 0 saturated carbocycles. The topological polar surface area (TPSA) is 76.7 Å². The maximum atomic E-state index is 12.4. The molecule has 2 aromatic rings. The van der Waals surface area contributed by atoms with Crippen molar-refractivity contribution in [1.82, 2.24) is 10.6 Å². The molecule has 0 aliphatic carbocycles. The van der Waals surface area contributed by atoms with Crippen LogP contribution in [0.25, 0.3) is 6.08 Å². The Morgan fingerprint density at radius 1 is 0.885 bits per heavy atom. The molecule has 136 valence electrons. The van der Waals surface area contributed by atoms with Gasteiger partial charge in [0, 0.05) is 19.2 Å². The van der Waals surface area contributed by atoms with Gasteiger partial charge >= 0.3 is 0 Å². The number of carbonyl (C=O) groups is 2. The lowest BCUT2D eigenvalue weighted by atomic mass is 10.1. The molecule has 0 unspecified atom stereocenters. The third-order valence-corrected chi connectivity index (χ3v) is 3.59. The smallest absolute Gasteiger partial charge is 0.258 e. The Labute approximate surface area is 152 Å². The zero-order valence-electron chi connectivity index (χ0n) is 14.8. The first kappa shape index (κ1) is 19.1. The van der Waals surface area contributed by atoms with Crippen molar-refractivity contribution in [2.75, 3.05) is 27.3 Å². The lowest BCUT2D eigenvalue weighted by Gasteiger charge is -2.13. The van der Waals surface area contributed by atoms with Crippen LogP contribution in [0.3, 0.4) is 0 Å². The molecule has 0 bridgehead atoms. The van der Waals surface area contributed by atoms with E-state index in [9.17, 15) is 9.59 Å². The SMILES string of the molecule is COc1cccc(OC)c1C(=O)NCCNC(=O)/C=C/c1ccccc1. The fourth-order valence-electron chi connectivity index (χ4n) is 2.32. The quantitative estimate of drug-likeness (QED) is 0.563. The number of hydrogen-bond donors (Lipinski definition) is 2. The van der Waals surface area contributed by atoms with Crippen molar-refractivity contribution >= 4 is 17.9 Å². The molecular weight excluding hydrogens is 332 g/mol. The van der Waals surface area contributed by atoms with Gasteiger partial charge in [0.25, 0.3) is 5.91 Å². The molecule has 0 aliphatic heterocycles. The van der Waals surface area contributed by atoms with Gasteiger partial charge in [0.1, 0.15) is 17.1 Å². The molecule has 6 nitrogen and oxygen atoms in total. The summed E-state index contributed by atoms with van der Waals surface area (Å²) in [5, 5.41) is 5.45. The first-order chi connectivity index (χ1) is 12.7. The van der Waals surface area contributed by atoms with Gasteiger partial charge < -0.3 is 20.1 Å². The van der Waals surface area contributed by atoms with Crippen molar-refractivity contribution in [1.29, 1.82) is 0 Å². The summed E-state index contributed by atoms with van der Waals surface area (Å²) in [6, 6.07) is 14.7. The number of nitrogens with one attached hydrogen (secondary N) is 2. The van der Waals surface area contributed by atoms with E-state index in [0.29, 0.717) is 23.6 Å². The Balaban J connectivity index is 1.82. The van der Waals surface area contributed by atoms with Crippen molar-refractivity contribution in [3.05, 3.63) is 65.7 Å². The fourth-order valence-corrected chi connectivity index (χ4v) is 2.32. The highest BCUT2D eigenvalue weighted by atomic mass is 16.5. The average molecular weight is 354 g/mol. The predicted octanol–water partition coefficient (Wildman–Crippen LogP) is 2.26. The van der Waals surface area contributed by atoms with Gasteiger partial charge in [-0.05, 0) is 23.8 Å². The Hall–Kier alpha value is -3.28. The highest BCUT2D eigenvalue weighted by Gasteiger charge is 2.17. The maximum Gasteiger partial charge on any atom is 0.258 e. The summed E-state index contributed by atoms with van der Waals surface area (Å²) in [5.41, 5.74) is 1.27. The molecule has 0 radical (unpaired) electrons. The molecule has 0 fully saturated rings. The number of carbonyl (C=O) groups excluding carboxylic acids is 2. The number of amides is 2.